The van der Waals surface area contributed by atoms with E-state index in [2.05, 4.69) is 22.3 Å². The molecular weight excluding hydrogens is 640 g/mol. The molecule has 0 radical (unpaired) electrons. The third kappa shape index (κ3) is 11.8. The molecule has 0 aromatic heterocycles. The molecule has 6 atom stereocenters. The predicted molar refractivity (Wildman–Crippen MR) is 198 cm³/mol. The van der Waals surface area contributed by atoms with Gasteiger partial charge in [0.05, 0.1) is 44.6 Å². The molecule has 9 heteroatoms. The molecular formula is C42H50N4O5. The lowest BCUT2D eigenvalue weighted by molar-refractivity contribution is -0.226. The van der Waals surface area contributed by atoms with Crippen molar-refractivity contribution in [2.45, 2.75) is 108 Å². The lowest BCUT2D eigenvalue weighted by Crippen LogP contribution is -2.69. The van der Waals surface area contributed by atoms with Gasteiger partial charge in [-0.05, 0) is 34.2 Å². The zero-order chi connectivity index (χ0) is 35.5. The van der Waals surface area contributed by atoms with Crippen molar-refractivity contribution in [1.82, 2.24) is 5.32 Å². The summed E-state index contributed by atoms with van der Waals surface area (Å²) in [6.07, 6.45) is 2.49. The number of rotatable bonds is 20. The summed E-state index contributed by atoms with van der Waals surface area (Å²) in [5, 5.41) is 7.56. The maximum Gasteiger partial charge on any atom is 0.220 e. The molecule has 51 heavy (non-hydrogen) atoms. The van der Waals surface area contributed by atoms with E-state index in [1.807, 2.05) is 121 Å². The Labute approximate surface area is 301 Å². The van der Waals surface area contributed by atoms with Crippen molar-refractivity contribution in [1.29, 1.82) is 0 Å². The Morgan fingerprint density at radius 2 is 0.980 bits per heavy atom. The molecule has 1 fully saturated rings. The van der Waals surface area contributed by atoms with E-state index in [1.165, 1.54) is 0 Å². The maximum atomic E-state index is 13.7. The Morgan fingerprint density at radius 1 is 0.588 bits per heavy atom. The lowest BCUT2D eigenvalue weighted by atomic mass is 9.80. The Hall–Kier alpha value is -4.50. The first kappa shape index (κ1) is 37.7. The first-order valence-electron chi connectivity index (χ1n) is 18.1. The van der Waals surface area contributed by atoms with Gasteiger partial charge in [0.1, 0.15) is 18.3 Å². The molecule has 0 spiro atoms. The fourth-order valence-electron chi connectivity index (χ4n) is 6.52. The highest BCUT2D eigenvalue weighted by Crippen LogP contribution is 2.35. The second-order valence-corrected chi connectivity index (χ2v) is 13.0. The van der Waals surface area contributed by atoms with E-state index >= 15 is 0 Å². The van der Waals surface area contributed by atoms with E-state index in [0.717, 1.165) is 54.4 Å². The zero-order valence-electron chi connectivity index (χ0n) is 29.5. The van der Waals surface area contributed by atoms with Crippen molar-refractivity contribution in [2.75, 3.05) is 0 Å². The van der Waals surface area contributed by atoms with Crippen LogP contribution >= 0.6 is 0 Å². The summed E-state index contributed by atoms with van der Waals surface area (Å²) in [7, 11) is 0. The van der Waals surface area contributed by atoms with Crippen molar-refractivity contribution in [3.63, 3.8) is 0 Å². The van der Waals surface area contributed by atoms with Gasteiger partial charge in [-0.25, -0.2) is 0 Å². The average molecular weight is 691 g/mol. The first-order valence-corrected chi connectivity index (χ1v) is 18.1. The molecule has 0 saturated heterocycles. The second kappa shape index (κ2) is 21.0. The molecule has 268 valence electrons. The van der Waals surface area contributed by atoms with Gasteiger partial charge in [0.25, 0.3) is 0 Å². The fourth-order valence-corrected chi connectivity index (χ4v) is 6.52. The molecule has 9 nitrogen and oxygen atoms in total. The van der Waals surface area contributed by atoms with Gasteiger partial charge >= 0.3 is 0 Å². The molecule has 0 aliphatic heterocycles. The summed E-state index contributed by atoms with van der Waals surface area (Å²) in [6, 6.07) is 37.9. The van der Waals surface area contributed by atoms with Crippen molar-refractivity contribution in [3.8, 4) is 0 Å². The summed E-state index contributed by atoms with van der Waals surface area (Å²) in [4.78, 5) is 16.9. The van der Waals surface area contributed by atoms with Crippen LogP contribution in [0.3, 0.4) is 0 Å². The van der Waals surface area contributed by atoms with Crippen LogP contribution in [-0.4, -0.2) is 42.4 Å². The van der Waals surface area contributed by atoms with E-state index in [0.29, 0.717) is 6.42 Å². The second-order valence-electron chi connectivity index (χ2n) is 13.0. The van der Waals surface area contributed by atoms with Gasteiger partial charge in [0, 0.05) is 11.3 Å². The Kier molecular flexibility index (Phi) is 15.5. The number of unbranched alkanes of at least 4 members (excludes halogenated alkanes) is 4. The van der Waals surface area contributed by atoms with Gasteiger partial charge in [-0.3, -0.25) is 4.79 Å². The van der Waals surface area contributed by atoms with Crippen LogP contribution in [0.25, 0.3) is 10.4 Å². The van der Waals surface area contributed by atoms with Crippen LogP contribution in [0.5, 0.6) is 0 Å². The molecule has 0 heterocycles. The van der Waals surface area contributed by atoms with E-state index < -0.39 is 36.5 Å². The third-order valence-electron chi connectivity index (χ3n) is 9.19. The third-order valence-corrected chi connectivity index (χ3v) is 9.19. The van der Waals surface area contributed by atoms with Crippen LogP contribution in [-0.2, 0) is 50.2 Å². The minimum Gasteiger partial charge on any atom is -0.370 e. The predicted octanol–water partition coefficient (Wildman–Crippen LogP) is 8.87. The number of carbonyl (C=O) groups excluding carboxylic acids is 1. The van der Waals surface area contributed by atoms with Crippen LogP contribution in [0, 0.1) is 0 Å². The topological polar surface area (TPSA) is 115 Å². The van der Waals surface area contributed by atoms with E-state index in [9.17, 15) is 10.3 Å². The van der Waals surface area contributed by atoms with E-state index in [4.69, 9.17) is 18.9 Å². The van der Waals surface area contributed by atoms with Gasteiger partial charge in [-0.15, -0.1) is 0 Å². The summed E-state index contributed by atoms with van der Waals surface area (Å²) < 4.78 is 27.0. The zero-order valence-corrected chi connectivity index (χ0v) is 29.5. The Morgan fingerprint density at radius 3 is 1.41 bits per heavy atom. The summed E-state index contributed by atoms with van der Waals surface area (Å²) in [5.41, 5.74) is 13.9. The van der Waals surface area contributed by atoms with Gasteiger partial charge in [-0.1, -0.05) is 159 Å². The fraction of sp³-hybridized carbons (Fsp3) is 0.405. The number of azide groups is 1. The van der Waals surface area contributed by atoms with Crippen molar-refractivity contribution >= 4 is 5.91 Å². The summed E-state index contributed by atoms with van der Waals surface area (Å²) in [5.74, 6) is -0.129. The number of nitrogens with one attached hydrogen (secondary N) is 1. The van der Waals surface area contributed by atoms with Crippen molar-refractivity contribution in [3.05, 3.63) is 154 Å². The van der Waals surface area contributed by atoms with Crippen LogP contribution in [0.2, 0.25) is 0 Å². The highest BCUT2D eigenvalue weighted by Gasteiger charge is 2.54. The quantitative estimate of drug-likeness (QED) is 0.0431. The average Bonchev–Trinajstić information content (AvgIpc) is 3.17. The van der Waals surface area contributed by atoms with Gasteiger partial charge in [0.2, 0.25) is 5.91 Å². The van der Waals surface area contributed by atoms with E-state index in [-0.39, 0.29) is 32.3 Å². The number of benzene rings is 4. The molecule has 1 aliphatic rings. The maximum absolute atomic E-state index is 13.7. The molecule has 1 N–H and O–H groups in total. The number of carbonyl (C=O) groups is 1. The Bertz CT molecular complexity index is 1610. The van der Waals surface area contributed by atoms with Crippen LogP contribution in [0.15, 0.2) is 126 Å². The summed E-state index contributed by atoms with van der Waals surface area (Å²) >= 11 is 0. The molecule has 5 rings (SSSR count). The van der Waals surface area contributed by atoms with Gasteiger partial charge in [-0.2, -0.15) is 0 Å². The lowest BCUT2D eigenvalue weighted by Gasteiger charge is -2.49. The highest BCUT2D eigenvalue weighted by molar-refractivity contribution is 5.76. The monoisotopic (exact) mass is 690 g/mol. The largest absolute Gasteiger partial charge is 0.370 e. The molecule has 1 saturated carbocycles. The molecule has 0 bridgehead atoms. The normalized spacial score (nSPS) is 21.4. The van der Waals surface area contributed by atoms with Crippen LogP contribution < -0.4 is 5.32 Å². The van der Waals surface area contributed by atoms with Crippen LogP contribution in [0.1, 0.15) is 67.7 Å². The number of hydrogen-bond donors (Lipinski definition) is 1. The van der Waals surface area contributed by atoms with Crippen molar-refractivity contribution in [2.24, 2.45) is 5.11 Å². The van der Waals surface area contributed by atoms with Gasteiger partial charge < -0.3 is 24.3 Å². The van der Waals surface area contributed by atoms with Crippen LogP contribution in [0.4, 0.5) is 0 Å². The van der Waals surface area contributed by atoms with Crippen molar-refractivity contribution < 1.29 is 23.7 Å². The summed E-state index contributed by atoms with van der Waals surface area (Å²) in [6.45, 7) is 3.21. The smallest absolute Gasteiger partial charge is 0.220 e. The van der Waals surface area contributed by atoms with Gasteiger partial charge in [0.15, 0.2) is 0 Å². The molecule has 4 aromatic carbocycles. The number of ether oxygens (including phenoxy) is 4. The molecule has 1 amide bonds. The number of hydrogen-bond acceptors (Lipinski definition) is 6. The SMILES string of the molecule is CCCCCCCC(=O)N[C@H]1[C@@H](N=[N+]=[N-])[C@H](OCc2ccccc2)[C@@H](OCc2ccccc2)[C@H](OCc2ccccc2)[C@H]1OCc1ccccc1. The Balaban J connectivity index is 1.53. The number of nitrogens with zero attached hydrogens (tertiary/aromatic N) is 3. The molecule has 0 unspecified atom stereocenters. The number of amides is 1. The first-order chi connectivity index (χ1) is 25.2. The molecule has 4 aromatic rings. The minimum absolute atomic E-state index is 0.129. The minimum atomic E-state index is -0.860. The standard InChI is InChI=1S/C42H50N4O5/c1-2-3-4-5-18-27-36(47)44-37-38(45-46-43)40(49-29-33-21-12-7-13-22-33)42(51-31-35-25-16-9-17-26-35)41(50-30-34-23-14-8-15-24-34)39(37)48-28-32-19-10-6-11-20-32/h6-17,19-26,37-42H,2-5,18,27-31H2,1H3,(H,44,47)/t37-,38+,39-,40-,41+,42+/m0/s1. The molecule has 1 aliphatic carbocycles. The highest BCUT2D eigenvalue weighted by atomic mass is 16.6. The van der Waals surface area contributed by atoms with E-state index in [1.54, 1.807) is 0 Å².